The Morgan fingerprint density at radius 2 is 2.11 bits per heavy atom. The highest BCUT2D eigenvalue weighted by molar-refractivity contribution is 6.29. The number of halogens is 1. The van der Waals surface area contributed by atoms with E-state index in [1.54, 1.807) is 12.1 Å². The number of carbonyl (C=O) groups is 1. The van der Waals surface area contributed by atoms with Crippen molar-refractivity contribution in [3.63, 3.8) is 0 Å². The second-order valence-corrected chi connectivity index (χ2v) is 4.86. The maximum absolute atomic E-state index is 11.7. The lowest BCUT2D eigenvalue weighted by Crippen LogP contribution is -2.40. The normalized spacial score (nSPS) is 23.4. The third-order valence-electron chi connectivity index (χ3n) is 3.02. The van der Waals surface area contributed by atoms with Crippen LogP contribution in [0.15, 0.2) is 18.3 Å². The number of aliphatic hydroxyl groups is 1. The summed E-state index contributed by atoms with van der Waals surface area (Å²) in [5.74, 6) is 0. The van der Waals surface area contributed by atoms with E-state index in [1.165, 1.54) is 6.20 Å². The van der Waals surface area contributed by atoms with Crippen LogP contribution in [-0.4, -0.2) is 28.3 Å². The van der Waals surface area contributed by atoms with Crippen LogP contribution in [0.1, 0.15) is 25.7 Å². The van der Waals surface area contributed by atoms with Crippen LogP contribution in [0, 0.1) is 0 Å². The second-order valence-electron chi connectivity index (χ2n) is 4.47. The first-order chi connectivity index (χ1) is 8.63. The molecule has 1 fully saturated rings. The number of rotatable bonds is 2. The fourth-order valence-electron chi connectivity index (χ4n) is 2.05. The van der Waals surface area contributed by atoms with Crippen LogP contribution in [0.25, 0.3) is 0 Å². The van der Waals surface area contributed by atoms with Crippen LogP contribution in [0.3, 0.4) is 0 Å². The van der Waals surface area contributed by atoms with Gasteiger partial charge in [-0.25, -0.2) is 9.78 Å². The van der Waals surface area contributed by atoms with Gasteiger partial charge in [0.25, 0.3) is 0 Å². The van der Waals surface area contributed by atoms with Crippen molar-refractivity contribution >= 4 is 23.3 Å². The van der Waals surface area contributed by atoms with E-state index >= 15 is 0 Å². The van der Waals surface area contributed by atoms with Crippen LogP contribution < -0.4 is 10.6 Å². The summed E-state index contributed by atoms with van der Waals surface area (Å²) in [6.07, 6.45) is 4.43. The minimum absolute atomic E-state index is 0.130. The maximum Gasteiger partial charge on any atom is 0.319 e. The fraction of sp³-hybridized carbons (Fsp3) is 0.500. The minimum atomic E-state index is -0.251. The van der Waals surface area contributed by atoms with Gasteiger partial charge in [0.1, 0.15) is 5.15 Å². The zero-order valence-corrected chi connectivity index (χ0v) is 10.7. The zero-order chi connectivity index (χ0) is 13.0. The van der Waals surface area contributed by atoms with Gasteiger partial charge in [-0.05, 0) is 37.8 Å². The molecule has 3 N–H and O–H groups in total. The predicted molar refractivity (Wildman–Crippen MR) is 69.7 cm³/mol. The molecule has 0 atom stereocenters. The lowest BCUT2D eigenvalue weighted by atomic mass is 9.93. The Hall–Kier alpha value is -1.33. The van der Waals surface area contributed by atoms with E-state index in [0.717, 1.165) is 25.7 Å². The molecule has 1 saturated carbocycles. The zero-order valence-electron chi connectivity index (χ0n) is 9.90. The smallest absolute Gasteiger partial charge is 0.319 e. The molecule has 0 aromatic carbocycles. The number of nitrogens with one attached hydrogen (secondary N) is 2. The Morgan fingerprint density at radius 3 is 2.78 bits per heavy atom. The molecule has 2 amide bonds. The highest BCUT2D eigenvalue weighted by atomic mass is 35.5. The Morgan fingerprint density at radius 1 is 1.39 bits per heavy atom. The van der Waals surface area contributed by atoms with E-state index in [2.05, 4.69) is 15.6 Å². The first kappa shape index (κ1) is 13.1. The minimum Gasteiger partial charge on any atom is -0.393 e. The number of carbonyl (C=O) groups excluding carboxylic acids is 1. The summed E-state index contributed by atoms with van der Waals surface area (Å²) < 4.78 is 0. The third-order valence-corrected chi connectivity index (χ3v) is 3.22. The first-order valence-electron chi connectivity index (χ1n) is 6.00. The molecule has 6 heteroatoms. The monoisotopic (exact) mass is 269 g/mol. The lowest BCUT2D eigenvalue weighted by molar-refractivity contribution is 0.118. The van der Waals surface area contributed by atoms with Gasteiger partial charge in [-0.15, -0.1) is 0 Å². The average molecular weight is 270 g/mol. The van der Waals surface area contributed by atoms with E-state index in [1.807, 2.05) is 0 Å². The summed E-state index contributed by atoms with van der Waals surface area (Å²) in [6, 6.07) is 3.14. The quantitative estimate of drug-likeness (QED) is 0.720. The van der Waals surface area contributed by atoms with E-state index in [0.29, 0.717) is 10.8 Å². The molecule has 1 aliphatic rings. The average Bonchev–Trinajstić information content (AvgIpc) is 2.32. The molecule has 1 aromatic rings. The fourth-order valence-corrected chi connectivity index (χ4v) is 2.23. The Balaban J connectivity index is 1.82. The van der Waals surface area contributed by atoms with Gasteiger partial charge in [0, 0.05) is 17.9 Å². The molecule has 1 aromatic heterocycles. The van der Waals surface area contributed by atoms with Crippen molar-refractivity contribution < 1.29 is 9.90 Å². The molecule has 0 spiro atoms. The summed E-state index contributed by atoms with van der Waals surface area (Å²) >= 11 is 5.73. The van der Waals surface area contributed by atoms with Gasteiger partial charge >= 0.3 is 6.03 Å². The van der Waals surface area contributed by atoms with Crippen LogP contribution in [0.2, 0.25) is 5.15 Å². The Bertz CT molecular complexity index is 420. The van der Waals surface area contributed by atoms with Crippen molar-refractivity contribution in [3.05, 3.63) is 23.5 Å². The summed E-state index contributed by atoms with van der Waals surface area (Å²) in [4.78, 5) is 15.6. The van der Waals surface area contributed by atoms with Gasteiger partial charge < -0.3 is 15.7 Å². The number of urea groups is 1. The molecule has 1 aliphatic carbocycles. The van der Waals surface area contributed by atoms with Crippen molar-refractivity contribution in [3.8, 4) is 0 Å². The van der Waals surface area contributed by atoms with Crippen molar-refractivity contribution in [1.29, 1.82) is 0 Å². The van der Waals surface area contributed by atoms with Crippen LogP contribution >= 0.6 is 11.6 Å². The molecule has 0 unspecified atom stereocenters. The molecule has 98 valence electrons. The van der Waals surface area contributed by atoms with E-state index in [9.17, 15) is 9.90 Å². The number of aromatic nitrogens is 1. The standard InChI is InChI=1S/C12H16ClN3O2/c13-11-7-9(5-6-14-11)16-12(18)15-8-1-3-10(17)4-2-8/h5-8,10,17H,1-4H2,(H2,14,15,16,18). The Labute approximate surface area is 111 Å². The van der Waals surface area contributed by atoms with Crippen LogP contribution in [0.5, 0.6) is 0 Å². The van der Waals surface area contributed by atoms with Gasteiger partial charge in [-0.1, -0.05) is 11.6 Å². The second kappa shape index (κ2) is 6.02. The number of pyridine rings is 1. The molecule has 2 rings (SSSR count). The van der Waals surface area contributed by atoms with Crippen molar-refractivity contribution in [1.82, 2.24) is 10.3 Å². The highest BCUT2D eigenvalue weighted by Crippen LogP contribution is 2.18. The van der Waals surface area contributed by atoms with Gasteiger partial charge in [0.05, 0.1) is 6.10 Å². The molecule has 1 heterocycles. The van der Waals surface area contributed by atoms with E-state index < -0.39 is 0 Å². The molecule has 0 radical (unpaired) electrons. The molecular weight excluding hydrogens is 254 g/mol. The summed E-state index contributed by atoms with van der Waals surface area (Å²) in [5.41, 5.74) is 0.614. The van der Waals surface area contributed by atoms with Crippen molar-refractivity contribution in [2.75, 3.05) is 5.32 Å². The van der Waals surface area contributed by atoms with Gasteiger partial charge in [0.2, 0.25) is 0 Å². The largest absolute Gasteiger partial charge is 0.393 e. The number of anilines is 1. The summed E-state index contributed by atoms with van der Waals surface area (Å²) in [6.45, 7) is 0. The third kappa shape index (κ3) is 3.85. The van der Waals surface area contributed by atoms with Crippen molar-refractivity contribution in [2.45, 2.75) is 37.8 Å². The number of aliphatic hydroxyl groups excluding tert-OH is 1. The highest BCUT2D eigenvalue weighted by Gasteiger charge is 2.20. The molecule has 0 bridgehead atoms. The molecular formula is C12H16ClN3O2. The molecule has 5 nitrogen and oxygen atoms in total. The number of hydrogen-bond donors (Lipinski definition) is 3. The predicted octanol–water partition coefficient (Wildman–Crippen LogP) is 2.16. The number of amides is 2. The number of nitrogens with zero attached hydrogens (tertiary/aromatic N) is 1. The summed E-state index contributed by atoms with van der Waals surface area (Å²) in [7, 11) is 0. The first-order valence-corrected chi connectivity index (χ1v) is 6.38. The van der Waals surface area contributed by atoms with Gasteiger partial charge in [-0.2, -0.15) is 0 Å². The molecule has 0 saturated heterocycles. The molecule has 0 aliphatic heterocycles. The van der Waals surface area contributed by atoms with Crippen LogP contribution in [0.4, 0.5) is 10.5 Å². The van der Waals surface area contributed by atoms with Crippen LogP contribution in [-0.2, 0) is 0 Å². The van der Waals surface area contributed by atoms with Crippen molar-refractivity contribution in [2.24, 2.45) is 0 Å². The molecule has 18 heavy (non-hydrogen) atoms. The van der Waals surface area contributed by atoms with E-state index in [-0.39, 0.29) is 18.2 Å². The van der Waals surface area contributed by atoms with E-state index in [4.69, 9.17) is 11.6 Å². The van der Waals surface area contributed by atoms with Gasteiger partial charge in [0.15, 0.2) is 0 Å². The topological polar surface area (TPSA) is 74.2 Å². The lowest BCUT2D eigenvalue weighted by Gasteiger charge is -2.26. The SMILES string of the molecule is O=C(Nc1ccnc(Cl)c1)NC1CCC(O)CC1. The number of hydrogen-bond acceptors (Lipinski definition) is 3. The summed E-state index contributed by atoms with van der Waals surface area (Å²) in [5, 5.41) is 15.3. The Kier molecular flexibility index (Phi) is 4.38. The van der Waals surface area contributed by atoms with Gasteiger partial charge in [-0.3, -0.25) is 0 Å². The maximum atomic E-state index is 11.7.